The van der Waals surface area contributed by atoms with Crippen molar-refractivity contribution >= 4 is 0 Å². The van der Waals surface area contributed by atoms with Crippen LogP contribution in [0.5, 0.6) is 0 Å². The number of nitrogens with one attached hydrogen (secondary N) is 1. The van der Waals surface area contributed by atoms with E-state index in [0.717, 1.165) is 25.4 Å². The molecule has 0 saturated heterocycles. The van der Waals surface area contributed by atoms with E-state index < -0.39 is 0 Å². The quantitative estimate of drug-likeness (QED) is 0.727. The van der Waals surface area contributed by atoms with Gasteiger partial charge in [0.05, 0.1) is 11.4 Å². The molecule has 0 atom stereocenters. The zero-order chi connectivity index (χ0) is 11.3. The second kappa shape index (κ2) is 5.91. The highest BCUT2D eigenvalue weighted by Crippen LogP contribution is 2.03. The van der Waals surface area contributed by atoms with Crippen molar-refractivity contribution in [2.75, 3.05) is 6.54 Å². The summed E-state index contributed by atoms with van der Waals surface area (Å²) in [5.74, 6) is 0.773. The van der Waals surface area contributed by atoms with Crippen molar-refractivity contribution in [1.82, 2.24) is 15.1 Å². The first-order chi connectivity index (χ1) is 7.13. The van der Waals surface area contributed by atoms with Crippen molar-refractivity contribution in [3.63, 3.8) is 0 Å². The van der Waals surface area contributed by atoms with Gasteiger partial charge in [-0.25, -0.2) is 0 Å². The molecule has 0 aliphatic rings. The minimum atomic E-state index is 0.773. The molecule has 1 aromatic rings. The molecule has 1 aromatic heterocycles. The molecule has 1 rings (SSSR count). The van der Waals surface area contributed by atoms with Crippen LogP contribution in [-0.4, -0.2) is 16.3 Å². The molecule has 0 unspecified atom stereocenters. The fraction of sp³-hybridized carbons (Fsp3) is 0.750. The number of rotatable bonds is 6. The second-order valence-corrected chi connectivity index (χ2v) is 4.46. The van der Waals surface area contributed by atoms with Crippen molar-refractivity contribution in [2.45, 2.75) is 40.2 Å². The monoisotopic (exact) mass is 209 g/mol. The molecule has 3 nitrogen and oxygen atoms in total. The van der Waals surface area contributed by atoms with Gasteiger partial charge in [-0.2, -0.15) is 5.10 Å². The molecule has 0 bridgehead atoms. The fourth-order valence-corrected chi connectivity index (χ4v) is 1.52. The Balaban J connectivity index is 2.33. The van der Waals surface area contributed by atoms with Crippen LogP contribution in [0.15, 0.2) is 6.07 Å². The number of hydrogen-bond acceptors (Lipinski definition) is 2. The van der Waals surface area contributed by atoms with Crippen molar-refractivity contribution in [3.8, 4) is 0 Å². The summed E-state index contributed by atoms with van der Waals surface area (Å²) in [6, 6.07) is 2.18. The van der Waals surface area contributed by atoms with E-state index in [4.69, 9.17) is 0 Å². The summed E-state index contributed by atoms with van der Waals surface area (Å²) in [7, 11) is 2.01. The third-order valence-corrected chi connectivity index (χ3v) is 2.59. The first kappa shape index (κ1) is 12.2. The zero-order valence-electron chi connectivity index (χ0n) is 10.4. The lowest BCUT2D eigenvalue weighted by Gasteiger charge is -2.06. The van der Waals surface area contributed by atoms with E-state index in [9.17, 15) is 0 Å². The lowest BCUT2D eigenvalue weighted by Crippen LogP contribution is -2.18. The maximum Gasteiger partial charge on any atom is 0.0625 e. The molecule has 0 radical (unpaired) electrons. The van der Waals surface area contributed by atoms with Gasteiger partial charge >= 0.3 is 0 Å². The molecule has 0 aliphatic carbocycles. The average molecular weight is 209 g/mol. The first-order valence-corrected chi connectivity index (χ1v) is 5.86. The maximum atomic E-state index is 4.42. The smallest absolute Gasteiger partial charge is 0.0625 e. The van der Waals surface area contributed by atoms with Crippen LogP contribution in [-0.2, 0) is 20.0 Å². The van der Waals surface area contributed by atoms with Crippen LogP contribution in [0.4, 0.5) is 0 Å². The predicted octanol–water partition coefficient (Wildman–Crippen LogP) is 2.12. The summed E-state index contributed by atoms with van der Waals surface area (Å²) in [5, 5.41) is 7.87. The average Bonchev–Trinajstić information content (AvgIpc) is 2.54. The summed E-state index contributed by atoms with van der Waals surface area (Å²) >= 11 is 0. The van der Waals surface area contributed by atoms with Gasteiger partial charge in [-0.1, -0.05) is 20.8 Å². The normalized spacial score (nSPS) is 11.3. The molecular weight excluding hydrogens is 186 g/mol. The van der Waals surface area contributed by atoms with E-state index in [1.807, 2.05) is 11.7 Å². The predicted molar refractivity (Wildman–Crippen MR) is 63.7 cm³/mol. The van der Waals surface area contributed by atoms with Crippen molar-refractivity contribution in [3.05, 3.63) is 17.5 Å². The molecule has 86 valence electrons. The van der Waals surface area contributed by atoms with Gasteiger partial charge in [-0.3, -0.25) is 4.68 Å². The van der Waals surface area contributed by atoms with Crippen LogP contribution in [0.2, 0.25) is 0 Å². The third-order valence-electron chi connectivity index (χ3n) is 2.59. The lowest BCUT2D eigenvalue weighted by atomic mass is 10.1. The molecule has 1 heterocycles. The van der Waals surface area contributed by atoms with Crippen LogP contribution in [0.1, 0.15) is 38.6 Å². The molecule has 0 aliphatic heterocycles. The minimum Gasteiger partial charge on any atom is -0.311 e. The Bertz CT molecular complexity index is 289. The Labute approximate surface area is 92.9 Å². The van der Waals surface area contributed by atoms with Gasteiger partial charge in [0.15, 0.2) is 0 Å². The van der Waals surface area contributed by atoms with Crippen molar-refractivity contribution in [2.24, 2.45) is 13.0 Å². The third kappa shape index (κ3) is 4.04. The van der Waals surface area contributed by atoms with E-state index in [0.29, 0.717) is 0 Å². The Morgan fingerprint density at radius 3 is 2.73 bits per heavy atom. The number of nitrogens with zero attached hydrogens (tertiary/aromatic N) is 2. The van der Waals surface area contributed by atoms with E-state index in [1.165, 1.54) is 17.8 Å². The van der Waals surface area contributed by atoms with Gasteiger partial charge in [0.25, 0.3) is 0 Å². The van der Waals surface area contributed by atoms with E-state index in [1.54, 1.807) is 0 Å². The van der Waals surface area contributed by atoms with Crippen LogP contribution in [0.3, 0.4) is 0 Å². The van der Waals surface area contributed by atoms with E-state index in [2.05, 4.69) is 37.3 Å². The van der Waals surface area contributed by atoms with Crippen LogP contribution in [0, 0.1) is 5.92 Å². The van der Waals surface area contributed by atoms with Crippen molar-refractivity contribution in [1.29, 1.82) is 0 Å². The molecule has 0 aromatic carbocycles. The van der Waals surface area contributed by atoms with Gasteiger partial charge in [0.1, 0.15) is 0 Å². The van der Waals surface area contributed by atoms with Gasteiger partial charge in [-0.05, 0) is 31.4 Å². The number of hydrogen-bond donors (Lipinski definition) is 1. The fourth-order valence-electron chi connectivity index (χ4n) is 1.52. The minimum absolute atomic E-state index is 0.773. The molecule has 1 N–H and O–H groups in total. The summed E-state index contributed by atoms with van der Waals surface area (Å²) in [5.41, 5.74) is 2.45. The summed E-state index contributed by atoms with van der Waals surface area (Å²) in [6.45, 7) is 8.65. The topological polar surface area (TPSA) is 29.9 Å². The van der Waals surface area contributed by atoms with Gasteiger partial charge in [-0.15, -0.1) is 0 Å². The molecule has 0 amide bonds. The van der Waals surface area contributed by atoms with Crippen LogP contribution < -0.4 is 5.32 Å². The SMILES string of the molecule is CCc1cc(CNCCC(C)C)n(C)n1. The first-order valence-electron chi connectivity index (χ1n) is 5.86. The van der Waals surface area contributed by atoms with Gasteiger partial charge in [0.2, 0.25) is 0 Å². The molecule has 0 saturated carbocycles. The second-order valence-electron chi connectivity index (χ2n) is 4.46. The highest BCUT2D eigenvalue weighted by Gasteiger charge is 2.02. The lowest BCUT2D eigenvalue weighted by molar-refractivity contribution is 0.527. The Kier molecular flexibility index (Phi) is 4.82. The van der Waals surface area contributed by atoms with Crippen LogP contribution >= 0.6 is 0 Å². The standard InChI is InChI=1S/C12H23N3/c1-5-11-8-12(15(4)14-11)9-13-7-6-10(2)3/h8,10,13H,5-7,9H2,1-4H3. The largest absolute Gasteiger partial charge is 0.311 e. The highest BCUT2D eigenvalue weighted by atomic mass is 15.3. The molecule has 0 fully saturated rings. The molecular formula is C12H23N3. The van der Waals surface area contributed by atoms with Gasteiger partial charge in [0, 0.05) is 13.6 Å². The summed E-state index contributed by atoms with van der Waals surface area (Å²) in [6.07, 6.45) is 2.25. The Hall–Kier alpha value is -0.830. The summed E-state index contributed by atoms with van der Waals surface area (Å²) < 4.78 is 1.97. The van der Waals surface area contributed by atoms with Gasteiger partial charge < -0.3 is 5.32 Å². The maximum absolute atomic E-state index is 4.42. The van der Waals surface area contributed by atoms with E-state index in [-0.39, 0.29) is 0 Å². The molecule has 0 spiro atoms. The number of aryl methyl sites for hydroxylation is 2. The zero-order valence-corrected chi connectivity index (χ0v) is 10.4. The number of aromatic nitrogens is 2. The van der Waals surface area contributed by atoms with E-state index >= 15 is 0 Å². The van der Waals surface area contributed by atoms with Crippen molar-refractivity contribution < 1.29 is 0 Å². The Morgan fingerprint density at radius 1 is 1.47 bits per heavy atom. The Morgan fingerprint density at radius 2 is 2.20 bits per heavy atom. The highest BCUT2D eigenvalue weighted by molar-refractivity contribution is 5.09. The molecule has 3 heteroatoms. The van der Waals surface area contributed by atoms with Crippen LogP contribution in [0.25, 0.3) is 0 Å². The molecule has 15 heavy (non-hydrogen) atoms. The summed E-state index contributed by atoms with van der Waals surface area (Å²) in [4.78, 5) is 0.